The van der Waals surface area contributed by atoms with Gasteiger partial charge in [-0.05, 0) is 33.1 Å². The Labute approximate surface area is 119 Å². The van der Waals surface area contributed by atoms with Gasteiger partial charge in [0.1, 0.15) is 6.04 Å². The highest BCUT2D eigenvalue weighted by atomic mass is 16.5. The van der Waals surface area contributed by atoms with Crippen molar-refractivity contribution in [1.82, 2.24) is 9.97 Å². The molecule has 6 heteroatoms. The zero-order chi connectivity index (χ0) is 14.4. The van der Waals surface area contributed by atoms with Crippen molar-refractivity contribution in [2.75, 3.05) is 24.7 Å². The third-order valence-electron chi connectivity index (χ3n) is 3.23. The van der Waals surface area contributed by atoms with Crippen molar-refractivity contribution in [3.8, 4) is 5.88 Å². The van der Waals surface area contributed by atoms with Crippen LogP contribution in [0.2, 0.25) is 0 Å². The molecule has 1 aliphatic rings. The summed E-state index contributed by atoms with van der Waals surface area (Å²) in [6.07, 6.45) is 4.48. The van der Waals surface area contributed by atoms with Crippen LogP contribution >= 0.6 is 0 Å². The first-order chi connectivity index (χ1) is 9.76. The second kappa shape index (κ2) is 7.07. The quantitative estimate of drug-likeness (QED) is 0.766. The maximum atomic E-state index is 12.0. The van der Waals surface area contributed by atoms with E-state index in [9.17, 15) is 4.79 Å². The molecule has 1 saturated heterocycles. The lowest BCUT2D eigenvalue weighted by Gasteiger charge is -2.33. The van der Waals surface area contributed by atoms with Crippen molar-refractivity contribution >= 4 is 11.9 Å². The van der Waals surface area contributed by atoms with Gasteiger partial charge in [-0.15, -0.1) is 0 Å². The normalized spacial score (nSPS) is 18.7. The van der Waals surface area contributed by atoms with Crippen LogP contribution in [-0.2, 0) is 9.53 Å². The first-order valence-electron chi connectivity index (χ1n) is 7.15. The molecule has 1 aromatic heterocycles. The molecule has 0 aliphatic carbocycles. The van der Waals surface area contributed by atoms with Gasteiger partial charge in [-0.1, -0.05) is 0 Å². The molecule has 1 fully saturated rings. The van der Waals surface area contributed by atoms with Gasteiger partial charge in [0, 0.05) is 18.8 Å². The van der Waals surface area contributed by atoms with Crippen LogP contribution in [0, 0.1) is 0 Å². The molecular formula is C14H21N3O3. The van der Waals surface area contributed by atoms with Gasteiger partial charge in [-0.25, -0.2) is 9.78 Å². The van der Waals surface area contributed by atoms with E-state index in [4.69, 9.17) is 9.47 Å². The third kappa shape index (κ3) is 3.37. The Balaban J connectivity index is 2.18. The standard InChI is InChI=1S/C14H21N3O3/c1-3-19-12-8-9-15-14(16-12)17-10-6-5-7-11(17)13(18)20-4-2/h8-9,11H,3-7,10H2,1-2H3. The van der Waals surface area contributed by atoms with Gasteiger partial charge in [0.2, 0.25) is 11.8 Å². The van der Waals surface area contributed by atoms with Gasteiger partial charge in [0.25, 0.3) is 0 Å². The maximum Gasteiger partial charge on any atom is 0.328 e. The zero-order valence-electron chi connectivity index (χ0n) is 12.0. The summed E-state index contributed by atoms with van der Waals surface area (Å²) in [6, 6.07) is 1.43. The van der Waals surface area contributed by atoms with Crippen molar-refractivity contribution in [1.29, 1.82) is 0 Å². The number of carbonyl (C=O) groups excluding carboxylic acids is 1. The minimum absolute atomic E-state index is 0.197. The highest BCUT2D eigenvalue weighted by Crippen LogP contribution is 2.23. The molecule has 110 valence electrons. The van der Waals surface area contributed by atoms with Gasteiger partial charge < -0.3 is 14.4 Å². The fraction of sp³-hybridized carbons (Fsp3) is 0.643. The molecule has 0 radical (unpaired) electrons. The summed E-state index contributed by atoms with van der Waals surface area (Å²) in [5.41, 5.74) is 0. The number of hydrogen-bond acceptors (Lipinski definition) is 6. The number of nitrogens with zero attached hydrogens (tertiary/aromatic N) is 3. The van der Waals surface area contributed by atoms with Crippen LogP contribution in [-0.4, -0.2) is 41.7 Å². The molecule has 1 aliphatic heterocycles. The Morgan fingerprint density at radius 1 is 1.40 bits per heavy atom. The number of carbonyl (C=O) groups is 1. The Hall–Kier alpha value is -1.85. The van der Waals surface area contributed by atoms with Crippen molar-refractivity contribution in [3.05, 3.63) is 12.3 Å². The average Bonchev–Trinajstić information content (AvgIpc) is 2.48. The molecule has 0 saturated carbocycles. The van der Waals surface area contributed by atoms with E-state index in [2.05, 4.69) is 9.97 Å². The van der Waals surface area contributed by atoms with Crippen LogP contribution in [0.3, 0.4) is 0 Å². The van der Waals surface area contributed by atoms with Crippen LogP contribution in [0.5, 0.6) is 5.88 Å². The van der Waals surface area contributed by atoms with Crippen LogP contribution in [0.15, 0.2) is 12.3 Å². The maximum absolute atomic E-state index is 12.0. The molecule has 2 heterocycles. The summed E-state index contributed by atoms with van der Waals surface area (Å²) in [7, 11) is 0. The second-order valence-corrected chi connectivity index (χ2v) is 4.58. The Morgan fingerprint density at radius 3 is 3.00 bits per heavy atom. The molecule has 20 heavy (non-hydrogen) atoms. The van der Waals surface area contributed by atoms with Gasteiger partial charge in [-0.2, -0.15) is 4.98 Å². The molecular weight excluding hydrogens is 258 g/mol. The first-order valence-corrected chi connectivity index (χ1v) is 7.15. The monoisotopic (exact) mass is 279 g/mol. The lowest BCUT2D eigenvalue weighted by molar-refractivity contribution is -0.145. The summed E-state index contributed by atoms with van der Waals surface area (Å²) in [4.78, 5) is 22.6. The van der Waals surface area contributed by atoms with Crippen LogP contribution < -0.4 is 9.64 Å². The summed E-state index contributed by atoms with van der Waals surface area (Å²) in [5.74, 6) is 0.872. The summed E-state index contributed by atoms with van der Waals surface area (Å²) in [6.45, 7) is 5.43. The Kier molecular flexibility index (Phi) is 5.15. The van der Waals surface area contributed by atoms with Gasteiger partial charge in [-0.3, -0.25) is 0 Å². The highest BCUT2D eigenvalue weighted by Gasteiger charge is 2.31. The zero-order valence-corrected chi connectivity index (χ0v) is 12.0. The molecule has 0 amide bonds. The second-order valence-electron chi connectivity index (χ2n) is 4.58. The van der Waals surface area contributed by atoms with Crippen molar-refractivity contribution in [2.24, 2.45) is 0 Å². The minimum atomic E-state index is -0.291. The molecule has 0 bridgehead atoms. The van der Waals surface area contributed by atoms with E-state index in [0.29, 0.717) is 25.0 Å². The van der Waals surface area contributed by atoms with Crippen molar-refractivity contribution in [2.45, 2.75) is 39.2 Å². The van der Waals surface area contributed by atoms with E-state index >= 15 is 0 Å². The van der Waals surface area contributed by atoms with E-state index in [0.717, 1.165) is 25.8 Å². The predicted octanol–water partition coefficient (Wildman–Crippen LogP) is 1.80. The van der Waals surface area contributed by atoms with Gasteiger partial charge >= 0.3 is 5.97 Å². The molecule has 1 atom stereocenters. The van der Waals surface area contributed by atoms with Crippen LogP contribution in [0.4, 0.5) is 5.95 Å². The predicted molar refractivity (Wildman–Crippen MR) is 74.8 cm³/mol. The summed E-state index contributed by atoms with van der Waals surface area (Å²) in [5, 5.41) is 0. The molecule has 6 nitrogen and oxygen atoms in total. The van der Waals surface area contributed by atoms with E-state index in [1.165, 1.54) is 0 Å². The third-order valence-corrected chi connectivity index (χ3v) is 3.23. The fourth-order valence-corrected chi connectivity index (χ4v) is 2.35. The SMILES string of the molecule is CCOC(=O)C1CCCCN1c1nccc(OCC)n1. The molecule has 0 aromatic carbocycles. The Bertz CT molecular complexity index is 453. The number of hydrogen-bond donors (Lipinski definition) is 0. The summed E-state index contributed by atoms with van der Waals surface area (Å²) < 4.78 is 10.5. The van der Waals surface area contributed by atoms with E-state index in [1.54, 1.807) is 12.3 Å². The smallest absolute Gasteiger partial charge is 0.328 e. The Morgan fingerprint density at radius 2 is 2.25 bits per heavy atom. The number of piperidine rings is 1. The molecule has 0 spiro atoms. The molecule has 2 rings (SSSR count). The lowest BCUT2D eigenvalue weighted by Crippen LogP contribution is -2.46. The molecule has 1 aromatic rings. The van der Waals surface area contributed by atoms with Gasteiger partial charge in [0.15, 0.2) is 0 Å². The molecule has 0 N–H and O–H groups in total. The average molecular weight is 279 g/mol. The largest absolute Gasteiger partial charge is 0.478 e. The van der Waals surface area contributed by atoms with E-state index in [1.807, 2.05) is 18.7 Å². The highest BCUT2D eigenvalue weighted by molar-refractivity contribution is 5.79. The number of rotatable bonds is 5. The number of aromatic nitrogens is 2. The fourth-order valence-electron chi connectivity index (χ4n) is 2.35. The number of esters is 1. The van der Waals surface area contributed by atoms with Gasteiger partial charge in [0.05, 0.1) is 13.2 Å². The van der Waals surface area contributed by atoms with Crippen molar-refractivity contribution in [3.63, 3.8) is 0 Å². The van der Waals surface area contributed by atoms with Crippen LogP contribution in [0.25, 0.3) is 0 Å². The van der Waals surface area contributed by atoms with E-state index in [-0.39, 0.29) is 12.0 Å². The summed E-state index contributed by atoms with van der Waals surface area (Å²) >= 11 is 0. The first kappa shape index (κ1) is 14.6. The number of anilines is 1. The van der Waals surface area contributed by atoms with Crippen molar-refractivity contribution < 1.29 is 14.3 Å². The number of ether oxygens (including phenoxy) is 2. The topological polar surface area (TPSA) is 64.5 Å². The lowest BCUT2D eigenvalue weighted by atomic mass is 10.0. The molecule has 1 unspecified atom stereocenters. The van der Waals surface area contributed by atoms with E-state index < -0.39 is 0 Å². The minimum Gasteiger partial charge on any atom is -0.478 e. The van der Waals surface area contributed by atoms with Crippen LogP contribution in [0.1, 0.15) is 33.1 Å².